The quantitative estimate of drug-likeness (QED) is 0.470. The molecule has 8 nitrogen and oxygen atoms in total. The molecule has 0 aliphatic heterocycles. The first-order valence-corrected chi connectivity index (χ1v) is 10.0. The molecule has 32 heavy (non-hydrogen) atoms. The lowest BCUT2D eigenvalue weighted by Gasteiger charge is -2.19. The fraction of sp³-hybridized carbons (Fsp3) is 0.208. The van der Waals surface area contributed by atoms with Crippen LogP contribution in [0.3, 0.4) is 0 Å². The van der Waals surface area contributed by atoms with Crippen LogP contribution in [0.4, 0.5) is 10.5 Å². The van der Waals surface area contributed by atoms with Gasteiger partial charge in [-0.25, -0.2) is 4.79 Å². The molecule has 1 heterocycles. The molecule has 0 radical (unpaired) electrons. The number of hydrogen-bond donors (Lipinski definition) is 4. The van der Waals surface area contributed by atoms with E-state index in [1.165, 1.54) is 17.8 Å². The molecule has 0 unspecified atom stereocenters. The minimum atomic E-state index is -1.09. The van der Waals surface area contributed by atoms with Crippen LogP contribution in [0.2, 0.25) is 0 Å². The number of carboxylic acid groups (broad SMARTS) is 1. The molecule has 2 amide bonds. The van der Waals surface area contributed by atoms with Crippen molar-refractivity contribution in [1.29, 1.82) is 0 Å². The molecule has 0 fully saturated rings. The summed E-state index contributed by atoms with van der Waals surface area (Å²) in [6.45, 7) is 3.59. The maximum Gasteiger partial charge on any atom is 0.319 e. The number of aromatic nitrogens is 1. The summed E-state index contributed by atoms with van der Waals surface area (Å²) in [6, 6.07) is 13.5. The van der Waals surface area contributed by atoms with E-state index >= 15 is 0 Å². The van der Waals surface area contributed by atoms with Gasteiger partial charge in [0.2, 0.25) is 0 Å². The lowest BCUT2D eigenvalue weighted by atomic mass is 9.97. The van der Waals surface area contributed by atoms with E-state index in [0.717, 1.165) is 16.7 Å². The maximum atomic E-state index is 12.6. The number of pyridine rings is 1. The molecular weight excluding hydrogens is 410 g/mol. The largest absolute Gasteiger partial charge is 0.505 e. The Morgan fingerprint density at radius 1 is 1.06 bits per heavy atom. The van der Waals surface area contributed by atoms with Gasteiger partial charge in [-0.1, -0.05) is 48.0 Å². The molecule has 0 saturated heterocycles. The van der Waals surface area contributed by atoms with Crippen LogP contribution >= 0.6 is 0 Å². The van der Waals surface area contributed by atoms with Crippen LogP contribution < -0.4 is 16.2 Å². The van der Waals surface area contributed by atoms with Crippen LogP contribution in [0.5, 0.6) is 5.75 Å². The summed E-state index contributed by atoms with van der Waals surface area (Å²) in [4.78, 5) is 36.4. The highest BCUT2D eigenvalue weighted by atomic mass is 16.4. The van der Waals surface area contributed by atoms with Crippen molar-refractivity contribution in [2.75, 3.05) is 5.32 Å². The number of nitrogens with zero attached hydrogens (tertiary/aromatic N) is 1. The van der Waals surface area contributed by atoms with Crippen molar-refractivity contribution in [2.24, 2.45) is 7.05 Å². The summed E-state index contributed by atoms with van der Waals surface area (Å²) in [6.07, 6.45) is 1.09. The molecule has 3 aromatic rings. The number of urea groups is 1. The summed E-state index contributed by atoms with van der Waals surface area (Å²) >= 11 is 0. The van der Waals surface area contributed by atoms with Crippen LogP contribution in [0.1, 0.15) is 29.2 Å². The number of carboxylic acids is 1. The molecule has 0 saturated carbocycles. The average Bonchev–Trinajstić information content (AvgIpc) is 2.75. The van der Waals surface area contributed by atoms with Gasteiger partial charge in [-0.2, -0.15) is 0 Å². The molecular formula is C24H25N3O5. The van der Waals surface area contributed by atoms with Crippen molar-refractivity contribution in [2.45, 2.75) is 26.3 Å². The van der Waals surface area contributed by atoms with Gasteiger partial charge in [0.25, 0.3) is 5.56 Å². The Hall–Kier alpha value is -4.07. The van der Waals surface area contributed by atoms with Crippen LogP contribution in [-0.2, 0) is 11.8 Å². The van der Waals surface area contributed by atoms with Gasteiger partial charge >= 0.3 is 12.0 Å². The smallest absolute Gasteiger partial charge is 0.319 e. The number of amides is 2. The lowest BCUT2D eigenvalue weighted by molar-refractivity contribution is -0.137. The molecule has 8 heteroatoms. The van der Waals surface area contributed by atoms with Gasteiger partial charge < -0.3 is 25.4 Å². The van der Waals surface area contributed by atoms with E-state index in [1.807, 2.05) is 43.3 Å². The highest BCUT2D eigenvalue weighted by molar-refractivity contribution is 5.91. The van der Waals surface area contributed by atoms with Crippen LogP contribution in [0.25, 0.3) is 11.1 Å². The van der Waals surface area contributed by atoms with Gasteiger partial charge in [-0.3, -0.25) is 9.59 Å². The SMILES string of the molecule is Cc1ccc(-c2cccc([C@H](CC(=O)O)NC(=O)Nc3c(O)c(C)cn(C)c3=O)c2)cc1. The number of aryl methyl sites for hydroxylation is 3. The zero-order valence-corrected chi connectivity index (χ0v) is 18.0. The number of carbonyl (C=O) groups excluding carboxylic acids is 1. The zero-order valence-electron chi connectivity index (χ0n) is 18.0. The van der Waals surface area contributed by atoms with Gasteiger partial charge in [-0.05, 0) is 36.6 Å². The van der Waals surface area contributed by atoms with Crippen molar-refractivity contribution >= 4 is 17.7 Å². The molecule has 3 rings (SSSR count). The Morgan fingerprint density at radius 3 is 2.41 bits per heavy atom. The minimum Gasteiger partial charge on any atom is -0.505 e. The normalized spacial score (nSPS) is 11.6. The minimum absolute atomic E-state index is 0.271. The standard InChI is InChI=1S/C24H25N3O5/c1-14-7-9-16(10-8-14)17-5-4-6-18(11-17)19(12-20(28)29)25-24(32)26-21-22(30)15(2)13-27(3)23(21)31/h4-11,13,19,30H,12H2,1-3H3,(H,28,29)(H2,25,26,32)/t19-/m0/s1. The molecule has 0 aliphatic carbocycles. The van der Waals surface area contributed by atoms with Crippen molar-refractivity contribution in [1.82, 2.24) is 9.88 Å². The zero-order chi connectivity index (χ0) is 23.4. The summed E-state index contributed by atoms with van der Waals surface area (Å²) in [5, 5.41) is 24.5. The van der Waals surface area contributed by atoms with Gasteiger partial charge in [0.1, 0.15) is 5.75 Å². The predicted molar refractivity (Wildman–Crippen MR) is 122 cm³/mol. The van der Waals surface area contributed by atoms with Gasteiger partial charge in [-0.15, -0.1) is 0 Å². The molecule has 0 spiro atoms. The molecule has 1 atom stereocenters. The topological polar surface area (TPSA) is 121 Å². The first-order valence-electron chi connectivity index (χ1n) is 10.0. The van der Waals surface area contributed by atoms with E-state index in [2.05, 4.69) is 10.6 Å². The fourth-order valence-electron chi connectivity index (χ4n) is 3.41. The lowest BCUT2D eigenvalue weighted by Crippen LogP contribution is -2.36. The van der Waals surface area contributed by atoms with E-state index in [0.29, 0.717) is 11.1 Å². The Balaban J connectivity index is 1.87. The Morgan fingerprint density at radius 2 is 1.75 bits per heavy atom. The number of anilines is 1. The molecule has 0 bridgehead atoms. The summed E-state index contributed by atoms with van der Waals surface area (Å²) in [5.74, 6) is -1.43. The van der Waals surface area contributed by atoms with Crippen LogP contribution in [0, 0.1) is 13.8 Å². The number of carbonyl (C=O) groups is 2. The Bertz CT molecular complexity index is 1220. The summed E-state index contributed by atoms with van der Waals surface area (Å²) in [7, 11) is 1.50. The number of aromatic hydroxyl groups is 1. The van der Waals surface area contributed by atoms with Crippen molar-refractivity contribution in [3.63, 3.8) is 0 Å². The second-order valence-electron chi connectivity index (χ2n) is 7.69. The van der Waals surface area contributed by atoms with E-state index in [9.17, 15) is 24.6 Å². The monoisotopic (exact) mass is 435 g/mol. The van der Waals surface area contributed by atoms with Crippen molar-refractivity contribution in [3.8, 4) is 16.9 Å². The van der Waals surface area contributed by atoms with Gasteiger partial charge in [0.15, 0.2) is 5.69 Å². The highest BCUT2D eigenvalue weighted by Gasteiger charge is 2.21. The number of hydrogen-bond acceptors (Lipinski definition) is 4. The molecule has 166 valence electrons. The number of rotatable bonds is 6. The van der Waals surface area contributed by atoms with Gasteiger partial charge in [0.05, 0.1) is 12.5 Å². The van der Waals surface area contributed by atoms with E-state index in [-0.39, 0.29) is 17.9 Å². The Kier molecular flexibility index (Phi) is 6.63. The van der Waals surface area contributed by atoms with Gasteiger partial charge in [0, 0.05) is 18.8 Å². The highest BCUT2D eigenvalue weighted by Crippen LogP contribution is 2.26. The van der Waals surface area contributed by atoms with Crippen LogP contribution in [-0.4, -0.2) is 26.8 Å². The summed E-state index contributed by atoms with van der Waals surface area (Å²) in [5.41, 5.74) is 3.12. The number of benzene rings is 2. The number of nitrogens with one attached hydrogen (secondary N) is 2. The van der Waals surface area contributed by atoms with E-state index in [1.54, 1.807) is 19.1 Å². The van der Waals surface area contributed by atoms with E-state index < -0.39 is 23.6 Å². The Labute approximate surface area is 185 Å². The number of aliphatic carboxylic acids is 1. The molecule has 0 aliphatic rings. The maximum absolute atomic E-state index is 12.6. The first kappa shape index (κ1) is 22.6. The van der Waals surface area contributed by atoms with E-state index in [4.69, 9.17) is 0 Å². The van der Waals surface area contributed by atoms with Crippen molar-refractivity contribution < 1.29 is 19.8 Å². The van der Waals surface area contributed by atoms with Crippen molar-refractivity contribution in [3.05, 3.63) is 81.8 Å². The third kappa shape index (κ3) is 5.15. The predicted octanol–water partition coefficient (Wildman–Crippen LogP) is 3.71. The average molecular weight is 435 g/mol. The summed E-state index contributed by atoms with van der Waals surface area (Å²) < 4.78 is 1.24. The molecule has 1 aromatic heterocycles. The molecule has 4 N–H and O–H groups in total. The fourth-order valence-corrected chi connectivity index (χ4v) is 3.41. The third-order valence-electron chi connectivity index (χ3n) is 5.13. The second-order valence-corrected chi connectivity index (χ2v) is 7.69. The third-order valence-corrected chi connectivity index (χ3v) is 5.13. The molecule has 2 aromatic carbocycles. The first-order chi connectivity index (χ1) is 15.2. The van der Waals surface area contributed by atoms with Crippen LogP contribution in [0.15, 0.2) is 59.5 Å². The second kappa shape index (κ2) is 9.38.